The highest BCUT2D eigenvalue weighted by molar-refractivity contribution is 5.93. The molecule has 0 N–H and O–H groups in total. The molecule has 1 aliphatic carbocycles. The number of allylic oxidation sites excluding steroid dienone is 3. The van der Waals surface area contributed by atoms with Crippen LogP contribution < -0.4 is 0 Å². The molecule has 0 saturated heterocycles. The third-order valence-corrected chi connectivity index (χ3v) is 1.27. The van der Waals surface area contributed by atoms with E-state index in [0.717, 1.165) is 12.0 Å². The van der Waals surface area contributed by atoms with Gasteiger partial charge in [0.05, 0.1) is 0 Å². The van der Waals surface area contributed by atoms with Crippen molar-refractivity contribution in [1.29, 1.82) is 0 Å². The number of carbonyl (C=O) groups is 1. The molecule has 0 fully saturated rings. The van der Waals surface area contributed by atoms with Crippen LogP contribution in [0.15, 0.2) is 24.3 Å². The molecule has 0 aliphatic heterocycles. The first-order valence-electron chi connectivity index (χ1n) is 2.69. The number of hydrogen-bond donors (Lipinski definition) is 0. The Morgan fingerprint density at radius 3 is 2.62 bits per heavy atom. The van der Waals surface area contributed by atoms with E-state index in [0.29, 0.717) is 6.42 Å². The summed E-state index contributed by atoms with van der Waals surface area (Å²) in [7, 11) is 0. The van der Waals surface area contributed by atoms with Gasteiger partial charge in [0.25, 0.3) is 0 Å². The van der Waals surface area contributed by atoms with Crippen molar-refractivity contribution in [2.24, 2.45) is 0 Å². The minimum absolute atomic E-state index is 0.236. The van der Waals surface area contributed by atoms with Crippen LogP contribution in [0.3, 0.4) is 0 Å². The molecule has 0 aromatic rings. The summed E-state index contributed by atoms with van der Waals surface area (Å²) in [4.78, 5) is 10.5. The molecule has 1 rings (SSSR count). The SMILES string of the molecule is C=CC1=CC(=O)CC1. The maximum Gasteiger partial charge on any atom is 0.156 e. The first-order valence-corrected chi connectivity index (χ1v) is 2.69. The van der Waals surface area contributed by atoms with Crippen LogP contribution in [-0.4, -0.2) is 5.78 Å². The third-order valence-electron chi connectivity index (χ3n) is 1.27. The standard InChI is InChI=1S/C7H8O/c1-2-6-3-4-7(8)5-6/h2,5H,1,3-4H2. The topological polar surface area (TPSA) is 17.1 Å². The Balaban J connectivity index is 2.70. The molecule has 0 heterocycles. The lowest BCUT2D eigenvalue weighted by molar-refractivity contribution is -0.114. The van der Waals surface area contributed by atoms with Gasteiger partial charge >= 0.3 is 0 Å². The van der Waals surface area contributed by atoms with E-state index in [1.807, 2.05) is 0 Å². The summed E-state index contributed by atoms with van der Waals surface area (Å²) >= 11 is 0. The lowest BCUT2D eigenvalue weighted by Crippen LogP contribution is -1.80. The van der Waals surface area contributed by atoms with E-state index in [1.165, 1.54) is 0 Å². The maximum atomic E-state index is 10.5. The molecule has 0 aromatic carbocycles. The lowest BCUT2D eigenvalue weighted by Gasteiger charge is -1.81. The van der Waals surface area contributed by atoms with E-state index in [4.69, 9.17) is 0 Å². The van der Waals surface area contributed by atoms with Gasteiger partial charge in [0.1, 0.15) is 0 Å². The summed E-state index contributed by atoms with van der Waals surface area (Å²) in [5.41, 5.74) is 1.08. The largest absolute Gasteiger partial charge is 0.295 e. The molecule has 1 aliphatic rings. The quantitative estimate of drug-likeness (QED) is 0.497. The molecule has 1 heteroatoms. The minimum atomic E-state index is 0.236. The Hall–Kier alpha value is -0.850. The number of carbonyl (C=O) groups excluding carboxylic acids is 1. The second-order valence-electron chi connectivity index (χ2n) is 1.89. The third kappa shape index (κ3) is 0.861. The fourth-order valence-corrected chi connectivity index (χ4v) is 0.780. The fraction of sp³-hybridized carbons (Fsp3) is 0.286. The molecule has 0 aromatic heterocycles. The number of ketones is 1. The van der Waals surface area contributed by atoms with Crippen molar-refractivity contribution in [2.45, 2.75) is 12.8 Å². The van der Waals surface area contributed by atoms with Gasteiger partial charge in [0.2, 0.25) is 0 Å². The summed E-state index contributed by atoms with van der Waals surface area (Å²) < 4.78 is 0. The van der Waals surface area contributed by atoms with Crippen LogP contribution in [0.2, 0.25) is 0 Å². The Bertz CT molecular complexity index is 154. The highest BCUT2D eigenvalue weighted by atomic mass is 16.1. The van der Waals surface area contributed by atoms with E-state index >= 15 is 0 Å². The average molecular weight is 108 g/mol. The highest BCUT2D eigenvalue weighted by Gasteiger charge is 2.07. The molecule has 0 spiro atoms. The van der Waals surface area contributed by atoms with Crippen LogP contribution >= 0.6 is 0 Å². The summed E-state index contributed by atoms with van der Waals surface area (Å²) in [5.74, 6) is 0.236. The van der Waals surface area contributed by atoms with Gasteiger partial charge in [-0.3, -0.25) is 4.79 Å². The van der Waals surface area contributed by atoms with E-state index in [9.17, 15) is 4.79 Å². The Morgan fingerprint density at radius 1 is 1.62 bits per heavy atom. The zero-order valence-electron chi connectivity index (χ0n) is 4.68. The zero-order valence-corrected chi connectivity index (χ0v) is 4.68. The van der Waals surface area contributed by atoms with Crippen LogP contribution in [0.25, 0.3) is 0 Å². The maximum absolute atomic E-state index is 10.5. The normalized spacial score (nSPS) is 18.5. The second-order valence-corrected chi connectivity index (χ2v) is 1.89. The number of rotatable bonds is 1. The van der Waals surface area contributed by atoms with Gasteiger partial charge in [0, 0.05) is 6.42 Å². The molecule has 0 unspecified atom stereocenters. The van der Waals surface area contributed by atoms with Gasteiger partial charge in [-0.05, 0) is 18.1 Å². The minimum Gasteiger partial charge on any atom is -0.295 e. The molecule has 0 bridgehead atoms. The van der Waals surface area contributed by atoms with Crippen LogP contribution in [0.5, 0.6) is 0 Å². The molecular weight excluding hydrogens is 100 g/mol. The fourth-order valence-electron chi connectivity index (χ4n) is 0.780. The number of hydrogen-bond acceptors (Lipinski definition) is 1. The predicted molar refractivity (Wildman–Crippen MR) is 32.5 cm³/mol. The summed E-state index contributed by atoms with van der Waals surface area (Å²) in [6.07, 6.45) is 4.97. The van der Waals surface area contributed by atoms with Crippen LogP contribution in [-0.2, 0) is 4.79 Å². The van der Waals surface area contributed by atoms with Crippen molar-refractivity contribution in [3.8, 4) is 0 Å². The van der Waals surface area contributed by atoms with E-state index in [1.54, 1.807) is 12.2 Å². The smallest absolute Gasteiger partial charge is 0.156 e. The molecule has 0 radical (unpaired) electrons. The van der Waals surface area contributed by atoms with Crippen molar-refractivity contribution >= 4 is 5.78 Å². The first-order chi connectivity index (χ1) is 3.83. The summed E-state index contributed by atoms with van der Waals surface area (Å²) in [6.45, 7) is 3.56. The molecule has 0 amide bonds. The second kappa shape index (κ2) is 1.95. The van der Waals surface area contributed by atoms with Gasteiger partial charge in [0.15, 0.2) is 5.78 Å². The van der Waals surface area contributed by atoms with Gasteiger partial charge in [-0.15, -0.1) is 0 Å². The monoisotopic (exact) mass is 108 g/mol. The highest BCUT2D eigenvalue weighted by Crippen LogP contribution is 2.14. The predicted octanol–water partition coefficient (Wildman–Crippen LogP) is 1.46. The summed E-state index contributed by atoms with van der Waals surface area (Å²) in [5, 5.41) is 0. The van der Waals surface area contributed by atoms with Crippen molar-refractivity contribution in [3.05, 3.63) is 24.3 Å². The Labute approximate surface area is 48.7 Å². The van der Waals surface area contributed by atoms with E-state index < -0.39 is 0 Å². The van der Waals surface area contributed by atoms with Crippen molar-refractivity contribution < 1.29 is 4.79 Å². The Morgan fingerprint density at radius 2 is 2.38 bits per heavy atom. The van der Waals surface area contributed by atoms with Crippen LogP contribution in [0, 0.1) is 0 Å². The molecule has 0 saturated carbocycles. The van der Waals surface area contributed by atoms with Crippen LogP contribution in [0.1, 0.15) is 12.8 Å². The Kier molecular flexibility index (Phi) is 1.29. The zero-order chi connectivity index (χ0) is 5.98. The van der Waals surface area contributed by atoms with Crippen LogP contribution in [0.4, 0.5) is 0 Å². The van der Waals surface area contributed by atoms with Crippen molar-refractivity contribution in [3.63, 3.8) is 0 Å². The molecule has 0 atom stereocenters. The van der Waals surface area contributed by atoms with Gasteiger partial charge in [-0.1, -0.05) is 12.7 Å². The van der Waals surface area contributed by atoms with Crippen molar-refractivity contribution in [1.82, 2.24) is 0 Å². The van der Waals surface area contributed by atoms with Gasteiger partial charge in [-0.25, -0.2) is 0 Å². The molecule has 8 heavy (non-hydrogen) atoms. The molecule has 42 valence electrons. The molecule has 1 nitrogen and oxygen atoms in total. The van der Waals surface area contributed by atoms with E-state index in [2.05, 4.69) is 6.58 Å². The lowest BCUT2D eigenvalue weighted by atomic mass is 10.2. The average Bonchev–Trinajstić information content (AvgIpc) is 2.14. The van der Waals surface area contributed by atoms with Gasteiger partial charge < -0.3 is 0 Å². The van der Waals surface area contributed by atoms with E-state index in [-0.39, 0.29) is 5.78 Å². The summed E-state index contributed by atoms with van der Waals surface area (Å²) in [6, 6.07) is 0. The molecular formula is C7H8O. The van der Waals surface area contributed by atoms with Gasteiger partial charge in [-0.2, -0.15) is 0 Å². The van der Waals surface area contributed by atoms with Crippen molar-refractivity contribution in [2.75, 3.05) is 0 Å². The first kappa shape index (κ1) is 5.29.